The third kappa shape index (κ3) is 5.78. The summed E-state index contributed by atoms with van der Waals surface area (Å²) in [5, 5.41) is 2.07. The lowest BCUT2D eigenvalue weighted by molar-refractivity contribution is -0.401. The lowest BCUT2D eigenvalue weighted by Crippen LogP contribution is -2.70. The zero-order valence-corrected chi connectivity index (χ0v) is 18.6. The molecule has 1 aliphatic rings. The van der Waals surface area contributed by atoms with Crippen LogP contribution in [0.25, 0.3) is 22.3 Å². The van der Waals surface area contributed by atoms with Gasteiger partial charge in [-0.25, -0.2) is 4.99 Å². The lowest BCUT2D eigenvalue weighted by atomic mass is 10.0. The summed E-state index contributed by atoms with van der Waals surface area (Å²) in [7, 11) is -6.00. The van der Waals surface area contributed by atoms with E-state index in [1.165, 1.54) is 11.1 Å². The Bertz CT molecular complexity index is 1380. The van der Waals surface area contributed by atoms with Gasteiger partial charge in [0.25, 0.3) is 0 Å². The highest BCUT2D eigenvalue weighted by atomic mass is 19.5. The minimum absolute atomic E-state index is 0.570. The predicted molar refractivity (Wildman–Crippen MR) is 122 cm³/mol. The number of benzene rings is 3. The largest absolute Gasteiger partial charge is 0.673 e. The molecule has 176 valence electrons. The van der Waals surface area contributed by atoms with Crippen molar-refractivity contribution >= 4 is 23.9 Å². The molecule has 4 aromatic rings. The highest BCUT2D eigenvalue weighted by Gasteiger charge is 2.20. The molecule has 9 heteroatoms. The first kappa shape index (κ1) is 23.4. The number of ether oxygens (including phenoxy) is 2. The van der Waals surface area contributed by atoms with Gasteiger partial charge >= 0.3 is 7.25 Å². The van der Waals surface area contributed by atoms with Crippen LogP contribution in [0, 0.1) is 13.8 Å². The molecular weight excluding hydrogens is 449 g/mol. The van der Waals surface area contributed by atoms with Crippen LogP contribution in [-0.2, 0) is 0 Å². The normalized spacial score (nSPS) is 13.4. The Morgan fingerprint density at radius 1 is 0.794 bits per heavy atom. The van der Waals surface area contributed by atoms with Gasteiger partial charge in [0, 0.05) is 11.6 Å². The minimum atomic E-state index is -6.00. The predicted octanol–water partition coefficient (Wildman–Crippen LogP) is 5.10. The van der Waals surface area contributed by atoms with Crippen LogP contribution in [-0.4, -0.2) is 20.5 Å². The standard InChI is InChI=1S/C25H21NO3.BF4/c1-16-12-17(2)25-20(26-19-8-9-21-23(14-19)28-11-10-27-21)15-22(29-24(25)13-16)18-6-4-3-5-7-18;2-1(3,4)5/h3-9,12-15H,10-11H2,1-2H3;/q;-1/p+1. The van der Waals surface area contributed by atoms with Crippen molar-refractivity contribution in [1.29, 1.82) is 0 Å². The fourth-order valence-electron chi connectivity index (χ4n) is 3.83. The van der Waals surface area contributed by atoms with Gasteiger partial charge in [0.05, 0.1) is 17.5 Å². The van der Waals surface area contributed by atoms with Crippen molar-refractivity contribution in [1.82, 2.24) is 0 Å². The number of nitrogens with one attached hydrogen (secondary N) is 1. The molecule has 2 heterocycles. The fraction of sp³-hybridized carbons (Fsp3) is 0.160. The van der Waals surface area contributed by atoms with Gasteiger partial charge in [-0.3, -0.25) is 0 Å². The molecule has 4 nitrogen and oxygen atoms in total. The second-order valence-corrected chi connectivity index (χ2v) is 7.82. The molecule has 1 aliphatic heterocycles. The average molecular weight is 471 g/mol. The molecule has 0 saturated carbocycles. The molecule has 34 heavy (non-hydrogen) atoms. The van der Waals surface area contributed by atoms with Gasteiger partial charge in [-0.2, -0.15) is 0 Å². The molecule has 1 N–H and O–H groups in total. The number of fused-ring (bicyclic) bond motifs is 2. The van der Waals surface area contributed by atoms with Crippen molar-refractivity contribution < 1.29 is 36.1 Å². The van der Waals surface area contributed by atoms with E-state index in [1.807, 2.05) is 36.4 Å². The van der Waals surface area contributed by atoms with Gasteiger partial charge in [-0.1, -0.05) is 36.4 Å². The van der Waals surface area contributed by atoms with Gasteiger partial charge in [-0.05, 0) is 37.1 Å². The molecule has 0 bridgehead atoms. The van der Waals surface area contributed by atoms with E-state index < -0.39 is 7.25 Å². The lowest BCUT2D eigenvalue weighted by Gasteiger charge is -2.17. The molecule has 5 rings (SSSR count). The van der Waals surface area contributed by atoms with E-state index in [0.29, 0.717) is 13.2 Å². The van der Waals surface area contributed by atoms with Crippen LogP contribution in [0.1, 0.15) is 11.1 Å². The maximum atomic E-state index is 9.75. The molecular formula is C25H22BF4NO3. The second kappa shape index (κ2) is 9.63. The van der Waals surface area contributed by atoms with Gasteiger partial charge < -0.3 is 31.2 Å². The fourth-order valence-corrected chi connectivity index (χ4v) is 3.83. The summed E-state index contributed by atoms with van der Waals surface area (Å²) in [6.45, 7) is 5.36. The van der Waals surface area contributed by atoms with E-state index in [1.54, 1.807) is 0 Å². The average Bonchev–Trinajstić information content (AvgIpc) is 2.78. The molecule has 0 radical (unpaired) electrons. The second-order valence-electron chi connectivity index (χ2n) is 7.82. The summed E-state index contributed by atoms with van der Waals surface area (Å²) in [4.78, 5) is 3.57. The zero-order chi connectivity index (χ0) is 24.3. The number of aryl methyl sites for hydroxylation is 2. The molecule has 3 aromatic carbocycles. The number of halogens is 4. The van der Waals surface area contributed by atoms with Crippen molar-refractivity contribution in [3.8, 4) is 22.8 Å². The Kier molecular flexibility index (Phi) is 6.63. The van der Waals surface area contributed by atoms with Crippen molar-refractivity contribution in [3.63, 3.8) is 0 Å². The maximum absolute atomic E-state index is 9.75. The van der Waals surface area contributed by atoms with E-state index in [-0.39, 0.29) is 0 Å². The Morgan fingerprint density at radius 2 is 1.47 bits per heavy atom. The van der Waals surface area contributed by atoms with Crippen LogP contribution in [0.5, 0.6) is 11.5 Å². The van der Waals surface area contributed by atoms with Crippen LogP contribution < -0.4 is 19.8 Å². The SMILES string of the molecule is Cc1cc(C)c2c(=[NH+]c3ccc4c(c3)OCCO4)cc(-c3ccccc3)oc2c1.F[B-](F)(F)F. The van der Waals surface area contributed by atoms with E-state index in [4.69, 9.17) is 13.9 Å². The van der Waals surface area contributed by atoms with Crippen LogP contribution >= 0.6 is 0 Å². The topological polar surface area (TPSA) is 45.6 Å². The van der Waals surface area contributed by atoms with Crippen molar-refractivity contribution in [2.75, 3.05) is 13.2 Å². The molecule has 0 fully saturated rings. The Balaban J connectivity index is 0.000000499. The molecule has 0 atom stereocenters. The number of rotatable bonds is 2. The van der Waals surface area contributed by atoms with Crippen LogP contribution in [0.15, 0.2) is 71.1 Å². The summed E-state index contributed by atoms with van der Waals surface area (Å²) in [5.74, 6) is 2.37. The summed E-state index contributed by atoms with van der Waals surface area (Å²) >= 11 is 0. The molecule has 0 saturated heterocycles. The van der Waals surface area contributed by atoms with Crippen molar-refractivity contribution in [2.24, 2.45) is 0 Å². The van der Waals surface area contributed by atoms with Crippen LogP contribution in [0.2, 0.25) is 0 Å². The van der Waals surface area contributed by atoms with E-state index in [9.17, 15) is 17.3 Å². The van der Waals surface area contributed by atoms with Gasteiger partial charge in [-0.15, -0.1) is 0 Å². The van der Waals surface area contributed by atoms with Gasteiger partial charge in [0.1, 0.15) is 24.6 Å². The van der Waals surface area contributed by atoms with E-state index >= 15 is 0 Å². The first-order valence-electron chi connectivity index (χ1n) is 10.6. The quantitative estimate of drug-likeness (QED) is 0.327. The van der Waals surface area contributed by atoms with E-state index in [2.05, 4.69) is 49.2 Å². The van der Waals surface area contributed by atoms with Crippen LogP contribution in [0.3, 0.4) is 0 Å². The summed E-state index contributed by atoms with van der Waals surface area (Å²) < 4.78 is 56.7. The molecule has 0 aliphatic carbocycles. The first-order valence-corrected chi connectivity index (χ1v) is 10.6. The Morgan fingerprint density at radius 3 is 2.18 bits per heavy atom. The smallest absolute Gasteiger partial charge is 0.486 e. The van der Waals surface area contributed by atoms with Crippen LogP contribution in [0.4, 0.5) is 23.0 Å². The van der Waals surface area contributed by atoms with Crippen molar-refractivity contribution in [2.45, 2.75) is 13.8 Å². The third-order valence-corrected chi connectivity index (χ3v) is 5.09. The molecule has 0 spiro atoms. The summed E-state index contributed by atoms with van der Waals surface area (Å²) in [6.07, 6.45) is 0. The number of hydrogen-bond donors (Lipinski definition) is 1. The summed E-state index contributed by atoms with van der Waals surface area (Å²) in [5.41, 5.74) is 5.20. The third-order valence-electron chi connectivity index (χ3n) is 5.09. The van der Waals surface area contributed by atoms with Gasteiger partial charge in [0.2, 0.25) is 11.0 Å². The Labute approximate surface area is 193 Å². The monoisotopic (exact) mass is 471 g/mol. The minimum Gasteiger partial charge on any atom is -0.486 e. The van der Waals surface area contributed by atoms with Crippen molar-refractivity contribution in [3.05, 3.63) is 83.2 Å². The highest BCUT2D eigenvalue weighted by Crippen LogP contribution is 2.31. The molecule has 0 amide bonds. The summed E-state index contributed by atoms with van der Waals surface area (Å²) in [6, 6.07) is 22.4. The molecule has 0 unspecified atom stereocenters. The van der Waals surface area contributed by atoms with Gasteiger partial charge in [0.15, 0.2) is 11.5 Å². The maximum Gasteiger partial charge on any atom is 0.673 e. The zero-order valence-electron chi connectivity index (χ0n) is 18.6. The first-order chi connectivity index (χ1) is 16.2. The van der Waals surface area contributed by atoms with E-state index in [0.717, 1.165) is 44.8 Å². The Hall–Kier alpha value is -3.75. The highest BCUT2D eigenvalue weighted by molar-refractivity contribution is 6.50. The number of hydrogen-bond acceptors (Lipinski definition) is 3. The molecule has 1 aromatic heterocycles.